The first-order chi connectivity index (χ1) is 16.8. The Morgan fingerprint density at radius 2 is 2.06 bits per heavy atom. The molecule has 186 valence electrons. The highest BCUT2D eigenvalue weighted by molar-refractivity contribution is 9.10. The number of hydrogen-bond donors (Lipinski definition) is 2. The third-order valence-electron chi connectivity index (χ3n) is 5.57. The maximum Gasteiger partial charge on any atom is 0.310 e. The normalized spacial score (nSPS) is 14.6. The average molecular weight is 549 g/mol. The largest absolute Gasteiger partial charge is 0.508 e. The maximum absolute atomic E-state index is 14.1. The zero-order valence-corrected chi connectivity index (χ0v) is 21.0. The molecule has 0 radical (unpaired) electrons. The molecule has 1 aromatic heterocycles. The van der Waals surface area contributed by atoms with Crippen LogP contribution in [0.5, 0.6) is 17.2 Å². The fourth-order valence-corrected chi connectivity index (χ4v) is 4.68. The Bertz CT molecular complexity index is 1220. The van der Waals surface area contributed by atoms with Gasteiger partial charge in [-0.1, -0.05) is 6.07 Å². The van der Waals surface area contributed by atoms with Crippen LogP contribution >= 0.6 is 15.9 Å². The predicted molar refractivity (Wildman–Crippen MR) is 132 cm³/mol. The van der Waals surface area contributed by atoms with Crippen LogP contribution in [-0.2, 0) is 9.53 Å². The minimum Gasteiger partial charge on any atom is -0.508 e. The van der Waals surface area contributed by atoms with E-state index in [1.165, 1.54) is 20.1 Å². The lowest BCUT2D eigenvalue weighted by molar-refractivity contribution is -0.148. The summed E-state index contributed by atoms with van der Waals surface area (Å²) in [6.07, 6.45) is 0.810. The van der Waals surface area contributed by atoms with Crippen molar-refractivity contribution in [3.05, 3.63) is 41.0 Å². The lowest BCUT2D eigenvalue weighted by Gasteiger charge is -2.24. The van der Waals surface area contributed by atoms with Gasteiger partial charge in [0.05, 0.1) is 23.7 Å². The lowest BCUT2D eigenvalue weighted by Crippen LogP contribution is -2.37. The van der Waals surface area contributed by atoms with E-state index in [2.05, 4.69) is 36.1 Å². The number of carbonyl (C=O) groups is 1. The summed E-state index contributed by atoms with van der Waals surface area (Å²) in [7, 11) is 1.48. The number of methoxy groups -OCH3 is 1. The Labute approximate surface area is 210 Å². The molecular formula is C24H26BrFN4O5. The zero-order valence-electron chi connectivity index (χ0n) is 19.4. The number of nitrogens with one attached hydrogen (secondary N) is 1. The van der Waals surface area contributed by atoms with Crippen LogP contribution in [-0.4, -0.2) is 65.4 Å². The quantitative estimate of drug-likeness (QED) is 0.228. The molecule has 0 bridgehead atoms. The number of esters is 1. The summed E-state index contributed by atoms with van der Waals surface area (Å²) in [6.45, 7) is 3.87. The van der Waals surface area contributed by atoms with Crippen LogP contribution in [0, 0.1) is 6.08 Å². The summed E-state index contributed by atoms with van der Waals surface area (Å²) in [6, 6.07) is 8.06. The first-order valence-corrected chi connectivity index (χ1v) is 12.0. The number of fused-ring (bicyclic) bond motifs is 1. The van der Waals surface area contributed by atoms with Crippen molar-refractivity contribution in [3.63, 3.8) is 0 Å². The van der Waals surface area contributed by atoms with Gasteiger partial charge in [0.2, 0.25) is 0 Å². The molecule has 11 heteroatoms. The third-order valence-corrected chi connectivity index (χ3v) is 6.15. The van der Waals surface area contributed by atoms with Crippen molar-refractivity contribution in [3.8, 4) is 17.2 Å². The molecule has 3 aromatic rings. The van der Waals surface area contributed by atoms with Gasteiger partial charge >= 0.3 is 12.0 Å². The second-order valence-electron chi connectivity index (χ2n) is 8.19. The topological polar surface area (TPSA) is 106 Å². The number of rotatable bonds is 9. The number of aromatic nitrogens is 2. The third kappa shape index (κ3) is 6.09. The molecule has 2 heterocycles. The smallest absolute Gasteiger partial charge is 0.310 e. The Kier molecular flexibility index (Phi) is 7.86. The van der Waals surface area contributed by atoms with Gasteiger partial charge in [-0.25, -0.2) is 4.98 Å². The monoisotopic (exact) mass is 548 g/mol. The molecule has 1 atom stereocenters. The minimum absolute atomic E-state index is 0.0677. The molecule has 0 aliphatic carbocycles. The second kappa shape index (κ2) is 11.0. The summed E-state index contributed by atoms with van der Waals surface area (Å²) < 4.78 is 31.5. The first kappa shape index (κ1) is 24.9. The van der Waals surface area contributed by atoms with Crippen molar-refractivity contribution in [2.45, 2.75) is 25.9 Å². The number of ether oxygens (including phenoxy) is 3. The van der Waals surface area contributed by atoms with Crippen molar-refractivity contribution < 1.29 is 28.5 Å². The van der Waals surface area contributed by atoms with Gasteiger partial charge in [0.25, 0.3) is 0 Å². The summed E-state index contributed by atoms with van der Waals surface area (Å²) in [4.78, 5) is 21.6. The van der Waals surface area contributed by atoms with Crippen molar-refractivity contribution in [1.82, 2.24) is 14.9 Å². The van der Waals surface area contributed by atoms with Gasteiger partial charge in [0, 0.05) is 31.3 Å². The Hall–Kier alpha value is -3.18. The number of halogens is 2. The molecule has 1 saturated heterocycles. The number of aromatic hydroxyl groups is 1. The minimum atomic E-state index is -0.907. The maximum atomic E-state index is 14.1. The number of hydrogen-bond acceptors (Lipinski definition) is 9. The van der Waals surface area contributed by atoms with Crippen LogP contribution in [0.2, 0.25) is 0 Å². The number of carbonyl (C=O) groups excluding carboxylic acids is 1. The van der Waals surface area contributed by atoms with Crippen LogP contribution in [0.3, 0.4) is 0 Å². The molecule has 0 spiro atoms. The highest BCUT2D eigenvalue weighted by atomic mass is 79.9. The lowest BCUT2D eigenvalue weighted by atomic mass is 10.1. The van der Waals surface area contributed by atoms with E-state index in [1.807, 2.05) is 0 Å². The van der Waals surface area contributed by atoms with Crippen LogP contribution in [0.1, 0.15) is 19.8 Å². The van der Waals surface area contributed by atoms with Crippen molar-refractivity contribution in [2.75, 3.05) is 38.7 Å². The molecule has 2 N–H and O–H groups in total. The van der Waals surface area contributed by atoms with E-state index in [0.717, 1.165) is 25.9 Å². The summed E-state index contributed by atoms with van der Waals surface area (Å²) in [5.74, 6) is 0.275. The zero-order chi connectivity index (χ0) is 24.9. The highest BCUT2D eigenvalue weighted by Crippen LogP contribution is 2.45. The fourth-order valence-electron chi connectivity index (χ4n) is 4.14. The van der Waals surface area contributed by atoms with E-state index >= 15 is 0 Å². The van der Waals surface area contributed by atoms with Crippen LogP contribution < -0.4 is 14.8 Å². The molecule has 9 nitrogen and oxygen atoms in total. The van der Waals surface area contributed by atoms with Gasteiger partial charge in [-0.2, -0.15) is 9.37 Å². The van der Waals surface area contributed by atoms with Gasteiger partial charge in [-0.05, 0) is 54.0 Å². The molecule has 35 heavy (non-hydrogen) atoms. The molecular weight excluding hydrogens is 523 g/mol. The summed E-state index contributed by atoms with van der Waals surface area (Å²) >= 11 is 3.31. The Morgan fingerprint density at radius 3 is 2.74 bits per heavy atom. The van der Waals surface area contributed by atoms with E-state index in [0.29, 0.717) is 29.1 Å². The standard InChI is InChI=1S/C24H26BrFN4O5/c1-14(31)35-17(12-30-8-3-4-9-30)13-34-19-11-18-20(23(25)29-24(26)28-18)21(22(19)33-2)27-15-6-5-7-16(32)10-15/h5-7,10-11,17,27,32H,3-4,8-9,12-13H2,1-2H3. The van der Waals surface area contributed by atoms with Crippen molar-refractivity contribution in [1.29, 1.82) is 0 Å². The molecule has 1 unspecified atom stereocenters. The molecule has 0 amide bonds. The number of nitrogens with zero attached hydrogens (tertiary/aromatic N) is 3. The second-order valence-corrected chi connectivity index (χ2v) is 8.94. The van der Waals surface area contributed by atoms with E-state index in [4.69, 9.17) is 14.2 Å². The molecule has 0 saturated carbocycles. The number of phenolic OH excluding ortho intramolecular Hbond substituents is 1. The summed E-state index contributed by atoms with van der Waals surface area (Å²) in [5.41, 5.74) is 1.25. The Balaban J connectivity index is 1.71. The molecule has 2 aromatic carbocycles. The van der Waals surface area contributed by atoms with Crippen LogP contribution in [0.15, 0.2) is 34.9 Å². The first-order valence-electron chi connectivity index (χ1n) is 11.2. The molecule has 1 fully saturated rings. The predicted octanol–water partition coefficient (Wildman–Crippen LogP) is 4.40. The van der Waals surface area contributed by atoms with Gasteiger partial charge in [0.15, 0.2) is 11.5 Å². The van der Waals surface area contributed by atoms with Crippen LogP contribution in [0.4, 0.5) is 15.8 Å². The number of phenols is 1. The summed E-state index contributed by atoms with van der Waals surface area (Å²) in [5, 5.41) is 13.5. The van der Waals surface area contributed by atoms with E-state index in [1.54, 1.807) is 24.3 Å². The fraction of sp³-hybridized carbons (Fsp3) is 0.375. The number of benzene rings is 2. The highest BCUT2D eigenvalue weighted by Gasteiger charge is 2.24. The van der Waals surface area contributed by atoms with E-state index < -0.39 is 18.2 Å². The molecule has 1 aliphatic rings. The van der Waals surface area contributed by atoms with Crippen molar-refractivity contribution >= 4 is 44.2 Å². The van der Waals surface area contributed by atoms with Gasteiger partial charge < -0.3 is 24.6 Å². The Morgan fingerprint density at radius 1 is 1.29 bits per heavy atom. The van der Waals surface area contributed by atoms with Gasteiger partial charge in [-0.3, -0.25) is 9.69 Å². The molecule has 1 aliphatic heterocycles. The number of likely N-dealkylation sites (tertiary alicyclic amines) is 1. The average Bonchev–Trinajstić information content (AvgIpc) is 3.29. The van der Waals surface area contributed by atoms with Crippen LogP contribution in [0.25, 0.3) is 10.9 Å². The SMILES string of the molecule is COc1c(OCC(CN2CCCC2)OC(C)=O)cc2nc(F)nc(Br)c2c1Nc1cccc(O)c1. The molecule has 4 rings (SSSR count). The number of anilines is 2. The van der Waals surface area contributed by atoms with Gasteiger partial charge in [-0.15, -0.1) is 0 Å². The van der Waals surface area contributed by atoms with Gasteiger partial charge in [0.1, 0.15) is 23.1 Å². The van der Waals surface area contributed by atoms with Crippen molar-refractivity contribution in [2.24, 2.45) is 0 Å². The van der Waals surface area contributed by atoms with E-state index in [-0.39, 0.29) is 28.2 Å². The van der Waals surface area contributed by atoms with E-state index in [9.17, 15) is 14.3 Å².